The molecule has 0 aromatic rings. The van der Waals surface area contributed by atoms with E-state index >= 15 is 0 Å². The Hall–Kier alpha value is -1.36. The van der Waals surface area contributed by atoms with E-state index in [2.05, 4.69) is 6.58 Å². The first kappa shape index (κ1) is 24.4. The van der Waals surface area contributed by atoms with Gasteiger partial charge in [0, 0.05) is 18.9 Å². The Bertz CT molecular complexity index is 1010. The van der Waals surface area contributed by atoms with Gasteiger partial charge in [-0.1, -0.05) is 6.58 Å². The second-order valence-electron chi connectivity index (χ2n) is 14.9. The highest BCUT2D eigenvalue weighted by Crippen LogP contribution is 2.81. The number of ether oxygens (including phenoxy) is 3. The summed E-state index contributed by atoms with van der Waals surface area (Å²) in [7, 11) is 0. The minimum atomic E-state index is -0.272. The van der Waals surface area contributed by atoms with Crippen LogP contribution in [0.2, 0.25) is 0 Å². The molecule has 1 aliphatic heterocycles. The van der Waals surface area contributed by atoms with Crippen molar-refractivity contribution in [3.05, 3.63) is 12.2 Å². The van der Waals surface area contributed by atoms with Gasteiger partial charge in [-0.15, -0.1) is 0 Å². The minimum absolute atomic E-state index is 0.139. The van der Waals surface area contributed by atoms with Crippen molar-refractivity contribution in [1.82, 2.24) is 0 Å². The summed E-state index contributed by atoms with van der Waals surface area (Å²) in [6.45, 7) is 7.72. The standard InChI is InChI=1S/C26H34O2.C7H12O3/c1-10(2)26(27)28-19-7-13-6-14(19)23-18-9-17(22(13)23)24-15-8-16(25(18)24)21-12-4-3-11(5-12)20(15)21;1-6(8)10-7-4-2-3-5-9-7/h11-25H,1,3-9H2,2H3;7H,2-5H2,1H3. The summed E-state index contributed by atoms with van der Waals surface area (Å²) in [5, 5.41) is 0. The number of hydrogen-bond acceptors (Lipinski definition) is 5. The molecule has 0 aromatic carbocycles. The molecule has 8 aliphatic carbocycles. The van der Waals surface area contributed by atoms with E-state index in [1.54, 1.807) is 39.0 Å². The van der Waals surface area contributed by atoms with E-state index in [4.69, 9.17) is 14.2 Å². The second kappa shape index (κ2) is 8.82. The van der Waals surface area contributed by atoms with Crippen LogP contribution in [0.15, 0.2) is 12.2 Å². The van der Waals surface area contributed by atoms with Crippen LogP contribution in [0.1, 0.15) is 78.1 Å². The third-order valence-corrected chi connectivity index (χ3v) is 13.6. The molecule has 0 aromatic heterocycles. The Kier molecular flexibility index (Phi) is 5.67. The smallest absolute Gasteiger partial charge is 0.333 e. The summed E-state index contributed by atoms with van der Waals surface area (Å²) in [5.41, 5.74) is 0.572. The Morgan fingerprint density at radius 1 is 0.658 bits per heavy atom. The van der Waals surface area contributed by atoms with Crippen LogP contribution in [0, 0.1) is 82.9 Å². The largest absolute Gasteiger partial charge is 0.459 e. The van der Waals surface area contributed by atoms with E-state index in [1.165, 1.54) is 13.3 Å². The van der Waals surface area contributed by atoms with Crippen LogP contribution in [0.5, 0.6) is 0 Å². The zero-order valence-corrected chi connectivity index (χ0v) is 23.3. The van der Waals surface area contributed by atoms with Gasteiger partial charge >= 0.3 is 11.9 Å². The van der Waals surface area contributed by atoms with E-state index in [1.807, 2.05) is 0 Å². The first-order valence-corrected chi connectivity index (χ1v) is 16.1. The average Bonchev–Trinajstić information content (AvgIpc) is 3.73. The number of rotatable bonds is 3. The lowest BCUT2D eigenvalue weighted by Crippen LogP contribution is -2.48. The molecule has 8 bridgehead atoms. The molecule has 5 nitrogen and oxygen atoms in total. The number of carbonyl (C=O) groups excluding carboxylic acids is 2. The third kappa shape index (κ3) is 3.38. The fourth-order valence-corrected chi connectivity index (χ4v) is 13.3. The van der Waals surface area contributed by atoms with Crippen LogP contribution in [-0.2, 0) is 23.8 Å². The maximum absolute atomic E-state index is 12.2. The molecule has 1 saturated heterocycles. The predicted molar refractivity (Wildman–Crippen MR) is 141 cm³/mol. The van der Waals surface area contributed by atoms with E-state index in [0.717, 1.165) is 109 Å². The van der Waals surface area contributed by atoms with Crippen LogP contribution in [0.4, 0.5) is 0 Å². The topological polar surface area (TPSA) is 61.8 Å². The van der Waals surface area contributed by atoms with Crippen LogP contribution in [0.25, 0.3) is 0 Å². The van der Waals surface area contributed by atoms with Crippen molar-refractivity contribution in [2.75, 3.05) is 6.61 Å². The van der Waals surface area contributed by atoms with Gasteiger partial charge in [0.25, 0.3) is 0 Å². The lowest BCUT2D eigenvalue weighted by atomic mass is 9.54. The highest BCUT2D eigenvalue weighted by atomic mass is 16.7. The van der Waals surface area contributed by atoms with E-state index in [-0.39, 0.29) is 24.3 Å². The van der Waals surface area contributed by atoms with Gasteiger partial charge in [-0.25, -0.2) is 4.79 Å². The Morgan fingerprint density at radius 3 is 1.84 bits per heavy atom. The lowest BCUT2D eigenvalue weighted by molar-refractivity contribution is -0.184. The molecule has 9 fully saturated rings. The summed E-state index contributed by atoms with van der Waals surface area (Å²) in [5.74, 6) is 14.1. The van der Waals surface area contributed by atoms with E-state index < -0.39 is 0 Å². The Morgan fingerprint density at radius 2 is 1.26 bits per heavy atom. The Balaban J connectivity index is 0.000000193. The van der Waals surface area contributed by atoms with Gasteiger partial charge in [-0.2, -0.15) is 0 Å². The fourth-order valence-electron chi connectivity index (χ4n) is 13.3. The quantitative estimate of drug-likeness (QED) is 0.258. The molecule has 0 spiro atoms. The molecule has 16 atom stereocenters. The van der Waals surface area contributed by atoms with Crippen molar-refractivity contribution < 1.29 is 23.8 Å². The summed E-state index contributed by atoms with van der Waals surface area (Å²) in [6, 6.07) is 0. The van der Waals surface area contributed by atoms with Gasteiger partial charge in [-0.3, -0.25) is 4.79 Å². The van der Waals surface area contributed by atoms with Gasteiger partial charge in [0.1, 0.15) is 6.10 Å². The van der Waals surface area contributed by atoms with Gasteiger partial charge in [0.2, 0.25) is 6.29 Å². The highest BCUT2D eigenvalue weighted by Gasteiger charge is 2.76. The van der Waals surface area contributed by atoms with Crippen molar-refractivity contribution in [2.24, 2.45) is 82.9 Å². The van der Waals surface area contributed by atoms with Crippen molar-refractivity contribution in [3.8, 4) is 0 Å². The number of carbonyl (C=O) groups is 2. The van der Waals surface area contributed by atoms with Crippen molar-refractivity contribution in [3.63, 3.8) is 0 Å². The van der Waals surface area contributed by atoms with Crippen LogP contribution >= 0.6 is 0 Å². The first-order valence-electron chi connectivity index (χ1n) is 16.1. The SMILES string of the molecule is C=C(C)C(=O)OC1CC2CC1C1C3CC(C21)C1C2CC(C4C5CCC(C5)C24)C31.CC(=O)OC1CCCCO1. The molecule has 208 valence electrons. The molecular formula is C33H46O5. The molecule has 0 N–H and O–H groups in total. The van der Waals surface area contributed by atoms with E-state index in [9.17, 15) is 9.59 Å². The molecule has 0 radical (unpaired) electrons. The third-order valence-electron chi connectivity index (χ3n) is 13.6. The van der Waals surface area contributed by atoms with Crippen molar-refractivity contribution in [1.29, 1.82) is 0 Å². The van der Waals surface area contributed by atoms with Gasteiger partial charge in [0.05, 0.1) is 6.61 Å². The van der Waals surface area contributed by atoms with E-state index in [0.29, 0.717) is 11.5 Å². The molecule has 8 saturated carbocycles. The van der Waals surface area contributed by atoms with Crippen LogP contribution in [0.3, 0.4) is 0 Å². The predicted octanol–water partition coefficient (Wildman–Crippen LogP) is 6.02. The number of hydrogen-bond donors (Lipinski definition) is 0. The molecule has 0 amide bonds. The summed E-state index contributed by atoms with van der Waals surface area (Å²) >= 11 is 0. The monoisotopic (exact) mass is 522 g/mol. The average molecular weight is 523 g/mol. The summed E-state index contributed by atoms with van der Waals surface area (Å²) < 4.78 is 15.9. The normalized spacial score (nSPS) is 55.2. The molecule has 9 aliphatic rings. The minimum Gasteiger partial charge on any atom is -0.459 e. The lowest BCUT2D eigenvalue weighted by Gasteiger charge is -2.51. The molecule has 5 heteroatoms. The van der Waals surface area contributed by atoms with Crippen molar-refractivity contribution in [2.45, 2.75) is 90.4 Å². The molecule has 1 heterocycles. The fraction of sp³-hybridized carbons (Fsp3) is 0.879. The molecule has 38 heavy (non-hydrogen) atoms. The Labute approximate surface area is 227 Å². The summed E-state index contributed by atoms with van der Waals surface area (Å²) in [4.78, 5) is 22.6. The maximum atomic E-state index is 12.2. The van der Waals surface area contributed by atoms with Crippen LogP contribution < -0.4 is 0 Å². The zero-order chi connectivity index (χ0) is 25.9. The summed E-state index contributed by atoms with van der Waals surface area (Å²) in [6.07, 6.45) is 13.4. The molecule has 9 rings (SSSR count). The molecule has 16 unspecified atom stereocenters. The van der Waals surface area contributed by atoms with Crippen molar-refractivity contribution >= 4 is 11.9 Å². The van der Waals surface area contributed by atoms with Crippen LogP contribution in [-0.4, -0.2) is 30.9 Å². The number of fused-ring (bicyclic) bond motifs is 23. The van der Waals surface area contributed by atoms with Gasteiger partial charge in [-0.05, 0) is 148 Å². The zero-order valence-electron chi connectivity index (χ0n) is 23.3. The maximum Gasteiger partial charge on any atom is 0.333 e. The molecular weight excluding hydrogens is 476 g/mol. The highest BCUT2D eigenvalue weighted by molar-refractivity contribution is 5.87. The number of esters is 2. The first-order chi connectivity index (χ1) is 18.4. The van der Waals surface area contributed by atoms with Gasteiger partial charge < -0.3 is 14.2 Å². The van der Waals surface area contributed by atoms with Gasteiger partial charge in [0.15, 0.2) is 0 Å². The second-order valence-corrected chi connectivity index (χ2v) is 14.9.